The molecule has 0 aromatic rings. The molecular weight excluding hydrogens is 194 g/mol. The standard InChI is InChI=1S/C10H17N3O2/c1-11-9(14)10(15)13-5-7-3-4-8(6-13)12(7)2/h7-8H,3-6H2,1-2H3,(H,11,14)/t7-,8+. The maximum Gasteiger partial charge on any atom is 0.311 e. The molecule has 0 spiro atoms. The van der Waals surface area contributed by atoms with E-state index >= 15 is 0 Å². The maximum atomic E-state index is 11.7. The van der Waals surface area contributed by atoms with Crippen LogP contribution in [-0.4, -0.2) is 60.9 Å². The number of nitrogens with zero attached hydrogens (tertiary/aromatic N) is 2. The molecule has 15 heavy (non-hydrogen) atoms. The van der Waals surface area contributed by atoms with E-state index in [1.165, 1.54) is 7.05 Å². The van der Waals surface area contributed by atoms with Crippen LogP contribution in [0.25, 0.3) is 0 Å². The number of amides is 2. The topological polar surface area (TPSA) is 52.7 Å². The van der Waals surface area contributed by atoms with Crippen LogP contribution in [0.15, 0.2) is 0 Å². The Morgan fingerprint density at radius 3 is 2.20 bits per heavy atom. The van der Waals surface area contributed by atoms with E-state index in [2.05, 4.69) is 17.3 Å². The number of hydrogen-bond donors (Lipinski definition) is 1. The number of nitrogens with one attached hydrogen (secondary N) is 1. The fourth-order valence-electron chi connectivity index (χ4n) is 2.53. The highest BCUT2D eigenvalue weighted by Crippen LogP contribution is 2.28. The third-order valence-corrected chi connectivity index (χ3v) is 3.56. The Kier molecular flexibility index (Phi) is 2.65. The molecular formula is C10H17N3O2. The van der Waals surface area contributed by atoms with Gasteiger partial charge in [-0.2, -0.15) is 0 Å². The van der Waals surface area contributed by atoms with Gasteiger partial charge in [0.1, 0.15) is 0 Å². The van der Waals surface area contributed by atoms with Gasteiger partial charge in [0.2, 0.25) is 0 Å². The number of likely N-dealkylation sites (N-methyl/N-ethyl adjacent to an activating group) is 2. The number of carbonyl (C=O) groups excluding carboxylic acids is 2. The van der Waals surface area contributed by atoms with Gasteiger partial charge >= 0.3 is 11.8 Å². The number of likely N-dealkylation sites (tertiary alicyclic amines) is 1. The first-order valence-electron chi connectivity index (χ1n) is 5.36. The van der Waals surface area contributed by atoms with E-state index in [-0.39, 0.29) is 5.91 Å². The summed E-state index contributed by atoms with van der Waals surface area (Å²) in [6.45, 7) is 1.39. The highest BCUT2D eigenvalue weighted by molar-refractivity contribution is 6.34. The number of rotatable bonds is 0. The Morgan fingerprint density at radius 1 is 1.20 bits per heavy atom. The Morgan fingerprint density at radius 2 is 1.73 bits per heavy atom. The first-order chi connectivity index (χ1) is 7.13. The zero-order valence-corrected chi connectivity index (χ0v) is 9.19. The fourth-order valence-corrected chi connectivity index (χ4v) is 2.53. The molecule has 0 radical (unpaired) electrons. The molecule has 0 unspecified atom stereocenters. The van der Waals surface area contributed by atoms with Crippen LogP contribution in [0, 0.1) is 0 Å². The molecule has 2 heterocycles. The van der Waals surface area contributed by atoms with Crippen LogP contribution in [0.5, 0.6) is 0 Å². The van der Waals surface area contributed by atoms with Crippen LogP contribution in [0.4, 0.5) is 0 Å². The van der Waals surface area contributed by atoms with Gasteiger partial charge in [-0.1, -0.05) is 0 Å². The summed E-state index contributed by atoms with van der Waals surface area (Å²) >= 11 is 0. The van der Waals surface area contributed by atoms with Crippen molar-refractivity contribution in [1.82, 2.24) is 15.1 Å². The molecule has 2 amide bonds. The molecule has 1 N–H and O–H groups in total. The van der Waals surface area contributed by atoms with Crippen molar-refractivity contribution in [3.63, 3.8) is 0 Å². The normalized spacial score (nSPS) is 30.4. The van der Waals surface area contributed by atoms with Crippen molar-refractivity contribution >= 4 is 11.8 Å². The van der Waals surface area contributed by atoms with Crippen molar-refractivity contribution in [3.05, 3.63) is 0 Å². The number of carbonyl (C=O) groups is 2. The molecule has 2 rings (SSSR count). The highest BCUT2D eigenvalue weighted by Gasteiger charge is 2.40. The quantitative estimate of drug-likeness (QED) is 0.525. The van der Waals surface area contributed by atoms with Gasteiger partial charge in [0, 0.05) is 32.2 Å². The Bertz CT molecular complexity index is 278. The van der Waals surface area contributed by atoms with Gasteiger partial charge in [-0.25, -0.2) is 0 Å². The summed E-state index contributed by atoms with van der Waals surface area (Å²) in [7, 11) is 3.59. The average molecular weight is 211 g/mol. The van der Waals surface area contributed by atoms with Crippen LogP contribution in [0.1, 0.15) is 12.8 Å². The third kappa shape index (κ3) is 1.71. The lowest BCUT2D eigenvalue weighted by molar-refractivity contribution is -0.147. The second-order valence-electron chi connectivity index (χ2n) is 4.34. The van der Waals surface area contributed by atoms with E-state index in [9.17, 15) is 9.59 Å². The second kappa shape index (κ2) is 3.81. The Balaban J connectivity index is 2.02. The lowest BCUT2D eigenvalue weighted by Gasteiger charge is -2.38. The molecule has 2 atom stereocenters. The molecule has 0 saturated carbocycles. The summed E-state index contributed by atoms with van der Waals surface area (Å²) < 4.78 is 0. The molecule has 2 saturated heterocycles. The molecule has 0 aromatic carbocycles. The molecule has 0 aliphatic carbocycles. The summed E-state index contributed by atoms with van der Waals surface area (Å²) in [6, 6.07) is 0.884. The number of piperazine rings is 1. The molecule has 2 aliphatic heterocycles. The maximum absolute atomic E-state index is 11.7. The fraction of sp³-hybridized carbons (Fsp3) is 0.800. The third-order valence-electron chi connectivity index (χ3n) is 3.56. The Hall–Kier alpha value is -1.10. The minimum atomic E-state index is -0.501. The van der Waals surface area contributed by atoms with Crippen molar-refractivity contribution in [2.45, 2.75) is 24.9 Å². The predicted molar refractivity (Wildman–Crippen MR) is 55.2 cm³/mol. The highest BCUT2D eigenvalue weighted by atomic mass is 16.2. The molecule has 0 aromatic heterocycles. The average Bonchev–Trinajstić information content (AvgIpc) is 2.50. The van der Waals surface area contributed by atoms with Crippen molar-refractivity contribution in [3.8, 4) is 0 Å². The lowest BCUT2D eigenvalue weighted by Crippen LogP contribution is -2.56. The van der Waals surface area contributed by atoms with Crippen LogP contribution in [0.2, 0.25) is 0 Å². The summed E-state index contributed by atoms with van der Waals surface area (Å²) in [5, 5.41) is 2.38. The number of fused-ring (bicyclic) bond motifs is 2. The van der Waals surface area contributed by atoms with E-state index < -0.39 is 5.91 Å². The van der Waals surface area contributed by atoms with E-state index in [1.54, 1.807) is 4.90 Å². The van der Waals surface area contributed by atoms with Gasteiger partial charge in [0.15, 0.2) is 0 Å². The summed E-state index contributed by atoms with van der Waals surface area (Å²) in [6.07, 6.45) is 2.28. The van der Waals surface area contributed by atoms with Crippen molar-refractivity contribution in [2.24, 2.45) is 0 Å². The second-order valence-corrected chi connectivity index (χ2v) is 4.34. The molecule has 5 heteroatoms. The molecule has 2 aliphatic rings. The predicted octanol–water partition coefficient (Wildman–Crippen LogP) is -0.963. The largest absolute Gasteiger partial charge is 0.351 e. The minimum absolute atomic E-state index is 0.387. The van der Waals surface area contributed by atoms with E-state index in [4.69, 9.17) is 0 Å². The lowest BCUT2D eigenvalue weighted by atomic mass is 10.2. The van der Waals surface area contributed by atoms with Crippen molar-refractivity contribution in [2.75, 3.05) is 27.2 Å². The zero-order chi connectivity index (χ0) is 11.0. The van der Waals surface area contributed by atoms with Crippen molar-refractivity contribution in [1.29, 1.82) is 0 Å². The zero-order valence-electron chi connectivity index (χ0n) is 9.19. The van der Waals surface area contributed by atoms with Crippen LogP contribution in [0.3, 0.4) is 0 Å². The monoisotopic (exact) mass is 211 g/mol. The van der Waals surface area contributed by atoms with E-state index in [1.807, 2.05) is 0 Å². The minimum Gasteiger partial charge on any atom is -0.351 e. The first kappa shape index (κ1) is 10.4. The summed E-state index contributed by atoms with van der Waals surface area (Å²) in [5.74, 6) is -0.888. The van der Waals surface area contributed by atoms with Crippen molar-refractivity contribution < 1.29 is 9.59 Å². The number of hydrogen-bond acceptors (Lipinski definition) is 3. The van der Waals surface area contributed by atoms with Crippen LogP contribution in [-0.2, 0) is 9.59 Å². The first-order valence-corrected chi connectivity index (χ1v) is 5.36. The molecule has 5 nitrogen and oxygen atoms in total. The van der Waals surface area contributed by atoms with Gasteiger partial charge in [0.05, 0.1) is 0 Å². The van der Waals surface area contributed by atoms with E-state index in [0.717, 1.165) is 12.8 Å². The molecule has 2 fully saturated rings. The van der Waals surface area contributed by atoms with Gasteiger partial charge in [-0.05, 0) is 19.9 Å². The van der Waals surface area contributed by atoms with Crippen LogP contribution < -0.4 is 5.32 Å². The van der Waals surface area contributed by atoms with Gasteiger partial charge < -0.3 is 10.2 Å². The van der Waals surface area contributed by atoms with E-state index in [0.29, 0.717) is 25.2 Å². The van der Waals surface area contributed by atoms with Gasteiger partial charge in [-0.15, -0.1) is 0 Å². The van der Waals surface area contributed by atoms with Gasteiger partial charge in [-0.3, -0.25) is 14.5 Å². The SMILES string of the molecule is CNC(=O)C(=O)N1C[C@H]2CC[C@@H](C1)N2C. The Labute approximate surface area is 89.4 Å². The summed E-state index contributed by atoms with van der Waals surface area (Å²) in [5.41, 5.74) is 0. The molecule has 84 valence electrons. The van der Waals surface area contributed by atoms with Gasteiger partial charge in [0.25, 0.3) is 0 Å². The smallest absolute Gasteiger partial charge is 0.311 e. The van der Waals surface area contributed by atoms with Crippen LogP contribution >= 0.6 is 0 Å². The summed E-state index contributed by atoms with van der Waals surface area (Å²) in [4.78, 5) is 26.9. The molecule has 2 bridgehead atoms.